The van der Waals surface area contributed by atoms with Crippen molar-refractivity contribution in [3.05, 3.63) is 30.5 Å². The molecule has 0 aliphatic rings. The average molecular weight is 188 g/mol. The van der Waals surface area contributed by atoms with Gasteiger partial charge in [-0.2, -0.15) is 0 Å². The highest BCUT2D eigenvalue weighted by molar-refractivity contribution is 5.73. The van der Waals surface area contributed by atoms with E-state index in [1.54, 1.807) is 6.20 Å². The molecule has 0 saturated carbocycles. The van der Waals surface area contributed by atoms with Crippen molar-refractivity contribution in [1.29, 1.82) is 0 Å². The van der Waals surface area contributed by atoms with E-state index in [-0.39, 0.29) is 0 Å². The lowest BCUT2D eigenvalue weighted by molar-refractivity contribution is 0.305. The number of nitrogens with zero attached hydrogens (tertiary/aromatic N) is 2. The Morgan fingerprint density at radius 3 is 2.79 bits per heavy atom. The van der Waals surface area contributed by atoms with Crippen LogP contribution in [-0.2, 0) is 0 Å². The molecule has 0 unspecified atom stereocenters. The first-order valence-corrected chi connectivity index (χ1v) is 4.74. The molecule has 0 amide bonds. The number of hydrogen-bond acceptors (Lipinski definition) is 3. The fourth-order valence-electron chi connectivity index (χ4n) is 1.22. The Morgan fingerprint density at radius 2 is 2.00 bits per heavy atom. The van der Waals surface area contributed by atoms with Crippen molar-refractivity contribution in [1.82, 2.24) is 9.97 Å². The van der Waals surface area contributed by atoms with E-state index in [0.29, 0.717) is 12.5 Å². The van der Waals surface area contributed by atoms with E-state index in [9.17, 15) is 0 Å². The number of rotatable bonds is 3. The lowest BCUT2D eigenvalue weighted by atomic mass is 10.3. The summed E-state index contributed by atoms with van der Waals surface area (Å²) >= 11 is 0. The number of hydrogen-bond donors (Lipinski definition) is 0. The molecule has 3 heteroatoms. The first-order valence-electron chi connectivity index (χ1n) is 4.74. The molecule has 1 heterocycles. The third kappa shape index (κ3) is 1.82. The number of aromatic nitrogens is 2. The zero-order valence-electron chi connectivity index (χ0n) is 8.10. The Kier molecular flexibility index (Phi) is 2.58. The van der Waals surface area contributed by atoms with E-state index in [2.05, 4.69) is 16.9 Å². The Hall–Kier alpha value is -1.64. The van der Waals surface area contributed by atoms with Crippen molar-refractivity contribution in [3.63, 3.8) is 0 Å². The predicted molar refractivity (Wildman–Crippen MR) is 55.3 cm³/mol. The third-order valence-electron chi connectivity index (χ3n) is 1.88. The first kappa shape index (κ1) is 8.94. The van der Waals surface area contributed by atoms with Gasteiger partial charge in [-0.3, -0.25) is 0 Å². The molecule has 3 nitrogen and oxygen atoms in total. The molecule has 0 aliphatic heterocycles. The molecule has 0 N–H and O–H groups in total. The van der Waals surface area contributed by atoms with Gasteiger partial charge >= 0.3 is 0 Å². The number of benzene rings is 1. The van der Waals surface area contributed by atoms with Crippen molar-refractivity contribution in [2.45, 2.75) is 13.3 Å². The lowest BCUT2D eigenvalue weighted by Gasteiger charge is -2.03. The number of ether oxygens (including phenoxy) is 1. The maximum atomic E-state index is 5.39. The zero-order chi connectivity index (χ0) is 9.80. The first-order chi connectivity index (χ1) is 6.90. The van der Waals surface area contributed by atoms with Crippen molar-refractivity contribution < 1.29 is 4.74 Å². The van der Waals surface area contributed by atoms with Crippen LogP contribution in [0.2, 0.25) is 0 Å². The lowest BCUT2D eigenvalue weighted by Crippen LogP contribution is -1.98. The molecule has 0 saturated heterocycles. The number of fused-ring (bicyclic) bond motifs is 1. The van der Waals surface area contributed by atoms with Crippen molar-refractivity contribution in [3.8, 4) is 5.88 Å². The molecule has 0 bridgehead atoms. The zero-order valence-corrected chi connectivity index (χ0v) is 8.10. The SMILES string of the molecule is CCCOc1cnc2ccccc2n1. The van der Waals surface area contributed by atoms with Gasteiger partial charge in [0.15, 0.2) is 0 Å². The molecular formula is C11H12N2O. The average Bonchev–Trinajstić information content (AvgIpc) is 2.26. The molecule has 1 aromatic carbocycles. The van der Waals surface area contributed by atoms with Gasteiger partial charge in [-0.05, 0) is 18.6 Å². The van der Waals surface area contributed by atoms with Gasteiger partial charge in [0.2, 0.25) is 5.88 Å². The molecule has 0 fully saturated rings. The molecular weight excluding hydrogens is 176 g/mol. The highest BCUT2D eigenvalue weighted by atomic mass is 16.5. The van der Waals surface area contributed by atoms with Crippen LogP contribution in [0.4, 0.5) is 0 Å². The summed E-state index contributed by atoms with van der Waals surface area (Å²) in [5, 5.41) is 0. The van der Waals surface area contributed by atoms with Crippen LogP contribution < -0.4 is 4.74 Å². The molecule has 0 radical (unpaired) electrons. The van der Waals surface area contributed by atoms with Crippen molar-refractivity contribution >= 4 is 11.0 Å². The Bertz CT molecular complexity index is 428. The molecule has 0 atom stereocenters. The normalized spacial score (nSPS) is 10.4. The minimum absolute atomic E-state index is 0.602. The summed E-state index contributed by atoms with van der Waals surface area (Å²) in [5.74, 6) is 0.602. The topological polar surface area (TPSA) is 35.0 Å². The van der Waals surface area contributed by atoms with E-state index in [1.807, 2.05) is 24.3 Å². The van der Waals surface area contributed by atoms with Gasteiger partial charge < -0.3 is 4.74 Å². The summed E-state index contributed by atoms with van der Waals surface area (Å²) in [4.78, 5) is 8.57. The summed E-state index contributed by atoms with van der Waals surface area (Å²) in [5.41, 5.74) is 1.78. The quantitative estimate of drug-likeness (QED) is 0.742. The van der Waals surface area contributed by atoms with Gasteiger partial charge in [-0.25, -0.2) is 9.97 Å². The van der Waals surface area contributed by atoms with E-state index in [0.717, 1.165) is 17.5 Å². The van der Waals surface area contributed by atoms with Crippen LogP contribution in [0.15, 0.2) is 30.5 Å². The fraction of sp³-hybridized carbons (Fsp3) is 0.273. The standard InChI is InChI=1S/C11H12N2O/c1-2-7-14-11-8-12-9-5-3-4-6-10(9)13-11/h3-6,8H,2,7H2,1H3. The van der Waals surface area contributed by atoms with Gasteiger partial charge in [0.05, 0.1) is 23.8 Å². The van der Waals surface area contributed by atoms with Crippen LogP contribution in [0, 0.1) is 0 Å². The summed E-state index contributed by atoms with van der Waals surface area (Å²) in [6.07, 6.45) is 2.65. The summed E-state index contributed by atoms with van der Waals surface area (Å²) < 4.78 is 5.39. The van der Waals surface area contributed by atoms with Gasteiger partial charge in [-0.15, -0.1) is 0 Å². The Balaban J connectivity index is 2.32. The molecule has 72 valence electrons. The monoisotopic (exact) mass is 188 g/mol. The largest absolute Gasteiger partial charge is 0.477 e. The summed E-state index contributed by atoms with van der Waals surface area (Å²) in [6, 6.07) is 7.76. The predicted octanol–water partition coefficient (Wildman–Crippen LogP) is 2.42. The molecule has 0 aliphatic carbocycles. The molecule has 2 rings (SSSR count). The van der Waals surface area contributed by atoms with Crippen LogP contribution in [0.5, 0.6) is 5.88 Å². The van der Waals surface area contributed by atoms with Crippen LogP contribution in [0.1, 0.15) is 13.3 Å². The van der Waals surface area contributed by atoms with E-state index in [1.165, 1.54) is 0 Å². The minimum Gasteiger partial charge on any atom is -0.477 e. The van der Waals surface area contributed by atoms with Gasteiger partial charge in [0, 0.05) is 0 Å². The molecule has 14 heavy (non-hydrogen) atoms. The van der Waals surface area contributed by atoms with Crippen molar-refractivity contribution in [2.75, 3.05) is 6.61 Å². The smallest absolute Gasteiger partial charge is 0.232 e. The van der Waals surface area contributed by atoms with Crippen LogP contribution in [0.25, 0.3) is 11.0 Å². The van der Waals surface area contributed by atoms with Crippen LogP contribution in [0.3, 0.4) is 0 Å². The highest BCUT2D eigenvalue weighted by Crippen LogP contribution is 2.12. The summed E-state index contributed by atoms with van der Waals surface area (Å²) in [7, 11) is 0. The van der Waals surface area contributed by atoms with Crippen molar-refractivity contribution in [2.24, 2.45) is 0 Å². The summed E-state index contributed by atoms with van der Waals surface area (Å²) in [6.45, 7) is 2.75. The molecule has 1 aromatic heterocycles. The second-order valence-corrected chi connectivity index (χ2v) is 3.05. The highest BCUT2D eigenvalue weighted by Gasteiger charge is 1.98. The van der Waals surface area contributed by atoms with Gasteiger partial charge in [-0.1, -0.05) is 19.1 Å². The van der Waals surface area contributed by atoms with Gasteiger partial charge in [0.1, 0.15) is 0 Å². The second kappa shape index (κ2) is 4.05. The molecule has 2 aromatic rings. The van der Waals surface area contributed by atoms with Crippen LogP contribution >= 0.6 is 0 Å². The minimum atomic E-state index is 0.602. The second-order valence-electron chi connectivity index (χ2n) is 3.05. The van der Waals surface area contributed by atoms with E-state index in [4.69, 9.17) is 4.74 Å². The molecule has 0 spiro atoms. The maximum absolute atomic E-state index is 5.39. The van der Waals surface area contributed by atoms with E-state index < -0.39 is 0 Å². The van der Waals surface area contributed by atoms with Crippen LogP contribution in [-0.4, -0.2) is 16.6 Å². The Morgan fingerprint density at radius 1 is 1.21 bits per heavy atom. The third-order valence-corrected chi connectivity index (χ3v) is 1.88. The van der Waals surface area contributed by atoms with E-state index >= 15 is 0 Å². The number of para-hydroxylation sites is 2. The maximum Gasteiger partial charge on any atom is 0.232 e. The van der Waals surface area contributed by atoms with Gasteiger partial charge in [0.25, 0.3) is 0 Å². The Labute approximate surface area is 82.8 Å². The fourth-order valence-corrected chi connectivity index (χ4v) is 1.22.